The number of hydrogen-bond donors (Lipinski definition) is 1. The van der Waals surface area contributed by atoms with Crippen LogP contribution >= 0.6 is 15.9 Å². The van der Waals surface area contributed by atoms with Crippen molar-refractivity contribution in [1.29, 1.82) is 0 Å². The zero-order valence-corrected chi connectivity index (χ0v) is 11.7. The highest BCUT2D eigenvalue weighted by Crippen LogP contribution is 2.15. The summed E-state index contributed by atoms with van der Waals surface area (Å²) in [6.45, 7) is 0. The lowest BCUT2D eigenvalue weighted by Gasteiger charge is -2.11. The van der Waals surface area contributed by atoms with Crippen molar-refractivity contribution in [1.82, 2.24) is 0 Å². The van der Waals surface area contributed by atoms with Gasteiger partial charge in [0.2, 0.25) is 5.91 Å². The molecular formula is C15H13BrFNO. The van der Waals surface area contributed by atoms with Gasteiger partial charge in [-0.05, 0) is 30.2 Å². The van der Waals surface area contributed by atoms with Crippen LogP contribution in [0.4, 0.5) is 10.1 Å². The largest absolute Gasteiger partial charge is 0.325 e. The molecular weight excluding hydrogens is 309 g/mol. The molecule has 1 unspecified atom stereocenters. The van der Waals surface area contributed by atoms with Crippen molar-refractivity contribution in [2.24, 2.45) is 0 Å². The van der Waals surface area contributed by atoms with E-state index in [4.69, 9.17) is 0 Å². The lowest BCUT2D eigenvalue weighted by molar-refractivity contribution is -0.115. The minimum absolute atomic E-state index is 0.186. The highest BCUT2D eigenvalue weighted by atomic mass is 79.9. The molecule has 0 spiro atoms. The number of amides is 1. The van der Waals surface area contributed by atoms with Gasteiger partial charge < -0.3 is 5.32 Å². The first-order valence-electron chi connectivity index (χ1n) is 5.90. The maximum atomic E-state index is 13.5. The third-order valence-corrected chi connectivity index (χ3v) is 3.42. The van der Waals surface area contributed by atoms with E-state index in [1.165, 1.54) is 6.07 Å². The van der Waals surface area contributed by atoms with Crippen LogP contribution in [0.3, 0.4) is 0 Å². The maximum absolute atomic E-state index is 13.5. The van der Waals surface area contributed by atoms with E-state index < -0.39 is 4.83 Å². The van der Waals surface area contributed by atoms with Crippen LogP contribution in [0, 0.1) is 5.82 Å². The number of carbonyl (C=O) groups is 1. The van der Waals surface area contributed by atoms with Crippen molar-refractivity contribution in [3.05, 3.63) is 66.0 Å². The zero-order chi connectivity index (χ0) is 13.7. The summed E-state index contributed by atoms with van der Waals surface area (Å²) < 4.78 is 13.5. The van der Waals surface area contributed by atoms with Gasteiger partial charge in [0, 0.05) is 5.69 Å². The van der Waals surface area contributed by atoms with Gasteiger partial charge in [0.15, 0.2) is 0 Å². The predicted molar refractivity (Wildman–Crippen MR) is 77.9 cm³/mol. The first-order chi connectivity index (χ1) is 9.16. The lowest BCUT2D eigenvalue weighted by Crippen LogP contribution is -2.25. The fraction of sp³-hybridized carbons (Fsp3) is 0.133. The van der Waals surface area contributed by atoms with E-state index in [-0.39, 0.29) is 11.7 Å². The second-order valence-electron chi connectivity index (χ2n) is 4.12. The van der Waals surface area contributed by atoms with E-state index >= 15 is 0 Å². The molecule has 0 aromatic heterocycles. The average molecular weight is 322 g/mol. The molecule has 0 heterocycles. The van der Waals surface area contributed by atoms with Gasteiger partial charge in [0.25, 0.3) is 0 Å². The van der Waals surface area contributed by atoms with E-state index in [0.29, 0.717) is 12.0 Å². The molecule has 4 heteroatoms. The Labute approximate surface area is 119 Å². The molecule has 0 saturated carbocycles. The van der Waals surface area contributed by atoms with E-state index in [0.717, 1.165) is 5.69 Å². The van der Waals surface area contributed by atoms with Crippen molar-refractivity contribution >= 4 is 27.5 Å². The molecule has 2 aromatic rings. The van der Waals surface area contributed by atoms with Gasteiger partial charge in [0.05, 0.1) is 4.83 Å². The number of alkyl halides is 1. The predicted octanol–water partition coefficient (Wildman–Crippen LogP) is 3.77. The number of nitrogens with one attached hydrogen (secondary N) is 1. The molecule has 2 rings (SSSR count). The highest BCUT2D eigenvalue weighted by Gasteiger charge is 2.17. The quantitative estimate of drug-likeness (QED) is 0.853. The SMILES string of the molecule is O=C(Nc1ccccc1)C(Br)Cc1ccccc1F. The summed E-state index contributed by atoms with van der Waals surface area (Å²) in [5, 5.41) is 2.77. The van der Waals surface area contributed by atoms with Crippen LogP contribution in [0.5, 0.6) is 0 Å². The monoisotopic (exact) mass is 321 g/mol. The number of benzene rings is 2. The first kappa shape index (κ1) is 13.7. The number of halogens is 2. The van der Waals surface area contributed by atoms with Gasteiger partial charge in [-0.15, -0.1) is 0 Å². The Balaban J connectivity index is 1.98. The molecule has 19 heavy (non-hydrogen) atoms. The minimum atomic E-state index is -0.468. The van der Waals surface area contributed by atoms with E-state index in [1.807, 2.05) is 18.2 Å². The Morgan fingerprint density at radius 1 is 1.11 bits per heavy atom. The Hall–Kier alpha value is -1.68. The normalized spacial score (nSPS) is 11.9. The van der Waals surface area contributed by atoms with Crippen molar-refractivity contribution in [2.75, 3.05) is 5.32 Å². The molecule has 0 fully saturated rings. The Bertz CT molecular complexity index is 559. The number of rotatable bonds is 4. The van der Waals surface area contributed by atoms with E-state index in [2.05, 4.69) is 21.2 Å². The summed E-state index contributed by atoms with van der Waals surface area (Å²) >= 11 is 3.29. The summed E-state index contributed by atoms with van der Waals surface area (Å²) in [4.78, 5) is 11.5. The highest BCUT2D eigenvalue weighted by molar-refractivity contribution is 9.10. The van der Waals surface area contributed by atoms with Gasteiger partial charge in [-0.1, -0.05) is 52.3 Å². The Morgan fingerprint density at radius 2 is 1.74 bits per heavy atom. The van der Waals surface area contributed by atoms with Gasteiger partial charge in [-0.2, -0.15) is 0 Å². The van der Waals surface area contributed by atoms with Crippen molar-refractivity contribution in [3.63, 3.8) is 0 Å². The third-order valence-electron chi connectivity index (χ3n) is 2.68. The molecule has 0 aliphatic carbocycles. The van der Waals surface area contributed by atoms with Crippen LogP contribution in [0.15, 0.2) is 54.6 Å². The molecule has 0 saturated heterocycles. The maximum Gasteiger partial charge on any atom is 0.238 e. The Kier molecular flexibility index (Phi) is 4.68. The van der Waals surface area contributed by atoms with Crippen LogP contribution in [0.1, 0.15) is 5.56 Å². The number of para-hydroxylation sites is 1. The summed E-state index contributed by atoms with van der Waals surface area (Å²) in [5.74, 6) is -0.478. The number of hydrogen-bond acceptors (Lipinski definition) is 1. The second-order valence-corrected chi connectivity index (χ2v) is 5.22. The third kappa shape index (κ3) is 3.89. The smallest absolute Gasteiger partial charge is 0.238 e. The second kappa shape index (κ2) is 6.48. The summed E-state index contributed by atoms with van der Waals surface area (Å²) in [7, 11) is 0. The van der Waals surface area contributed by atoms with Crippen LogP contribution in [-0.4, -0.2) is 10.7 Å². The van der Waals surface area contributed by atoms with Gasteiger partial charge in [-0.25, -0.2) is 4.39 Å². The van der Waals surface area contributed by atoms with E-state index in [9.17, 15) is 9.18 Å². The topological polar surface area (TPSA) is 29.1 Å². The summed E-state index contributed by atoms with van der Waals surface area (Å²) in [6, 6.07) is 15.6. The number of carbonyl (C=O) groups excluding carboxylic acids is 1. The van der Waals surface area contributed by atoms with Crippen LogP contribution in [-0.2, 0) is 11.2 Å². The van der Waals surface area contributed by atoms with E-state index in [1.54, 1.807) is 30.3 Å². The molecule has 98 valence electrons. The van der Waals surface area contributed by atoms with Crippen LogP contribution < -0.4 is 5.32 Å². The molecule has 2 nitrogen and oxygen atoms in total. The molecule has 0 radical (unpaired) electrons. The fourth-order valence-corrected chi connectivity index (χ4v) is 2.16. The molecule has 0 aliphatic heterocycles. The first-order valence-corrected chi connectivity index (χ1v) is 6.82. The molecule has 1 atom stereocenters. The minimum Gasteiger partial charge on any atom is -0.325 e. The lowest BCUT2D eigenvalue weighted by atomic mass is 10.1. The fourth-order valence-electron chi connectivity index (χ4n) is 1.69. The molecule has 0 bridgehead atoms. The Morgan fingerprint density at radius 3 is 2.42 bits per heavy atom. The summed E-state index contributed by atoms with van der Waals surface area (Å²) in [6.07, 6.45) is 0.311. The molecule has 1 amide bonds. The van der Waals surface area contributed by atoms with Crippen LogP contribution in [0.25, 0.3) is 0 Å². The summed E-state index contributed by atoms with van der Waals surface area (Å²) in [5.41, 5.74) is 1.25. The molecule has 0 aliphatic rings. The number of anilines is 1. The standard InChI is InChI=1S/C15H13BrFNO/c16-13(10-11-6-4-5-9-14(11)17)15(19)18-12-7-2-1-3-8-12/h1-9,13H,10H2,(H,18,19). The van der Waals surface area contributed by atoms with Gasteiger partial charge in [-0.3, -0.25) is 4.79 Å². The van der Waals surface area contributed by atoms with Crippen molar-refractivity contribution in [2.45, 2.75) is 11.2 Å². The molecule has 1 N–H and O–H groups in total. The van der Waals surface area contributed by atoms with Crippen molar-refractivity contribution < 1.29 is 9.18 Å². The van der Waals surface area contributed by atoms with Gasteiger partial charge in [0.1, 0.15) is 5.82 Å². The molecule has 2 aromatic carbocycles. The van der Waals surface area contributed by atoms with Gasteiger partial charge >= 0.3 is 0 Å². The van der Waals surface area contributed by atoms with Crippen molar-refractivity contribution in [3.8, 4) is 0 Å². The van der Waals surface area contributed by atoms with Crippen LogP contribution in [0.2, 0.25) is 0 Å². The zero-order valence-electron chi connectivity index (χ0n) is 10.1. The average Bonchev–Trinajstić information content (AvgIpc) is 2.42.